The second kappa shape index (κ2) is 5.70. The molecular formula is C17H20N4O2. The van der Waals surface area contributed by atoms with Crippen LogP contribution < -0.4 is 5.32 Å². The van der Waals surface area contributed by atoms with Gasteiger partial charge in [0.2, 0.25) is 0 Å². The standard InChI is InChI=1S/C17H20N4O2/c22-16(15-4-2-7-19-15)21-8-5-17(12-21)9-14(11-23-17)20-13-3-1-6-18-10-13/h1-4,6-7,10,14,19-20H,5,8-9,11-12H2. The van der Waals surface area contributed by atoms with Crippen LogP contribution in [0.2, 0.25) is 0 Å². The van der Waals surface area contributed by atoms with E-state index in [4.69, 9.17) is 4.74 Å². The number of ether oxygens (including phenoxy) is 1. The zero-order chi connectivity index (χ0) is 15.7. The van der Waals surface area contributed by atoms with E-state index in [-0.39, 0.29) is 17.6 Å². The average Bonchev–Trinajstić information content (AvgIpc) is 3.31. The van der Waals surface area contributed by atoms with Gasteiger partial charge in [0.1, 0.15) is 5.69 Å². The first-order valence-corrected chi connectivity index (χ1v) is 7.97. The van der Waals surface area contributed by atoms with Crippen LogP contribution in [0.1, 0.15) is 23.3 Å². The highest BCUT2D eigenvalue weighted by atomic mass is 16.5. The summed E-state index contributed by atoms with van der Waals surface area (Å²) in [6.45, 7) is 2.08. The minimum Gasteiger partial charge on any atom is -0.379 e. The lowest BCUT2D eigenvalue weighted by Gasteiger charge is -2.23. The van der Waals surface area contributed by atoms with Gasteiger partial charge < -0.3 is 19.9 Å². The second-order valence-corrected chi connectivity index (χ2v) is 6.34. The van der Waals surface area contributed by atoms with Gasteiger partial charge in [0.25, 0.3) is 5.91 Å². The van der Waals surface area contributed by atoms with Gasteiger partial charge in [-0.3, -0.25) is 9.78 Å². The molecule has 2 unspecified atom stereocenters. The summed E-state index contributed by atoms with van der Waals surface area (Å²) in [5.74, 6) is 0.0548. The van der Waals surface area contributed by atoms with Gasteiger partial charge in [-0.2, -0.15) is 0 Å². The van der Waals surface area contributed by atoms with E-state index < -0.39 is 0 Å². The van der Waals surface area contributed by atoms with Crippen molar-refractivity contribution in [3.8, 4) is 0 Å². The third-order valence-corrected chi connectivity index (χ3v) is 4.67. The maximum Gasteiger partial charge on any atom is 0.270 e. The van der Waals surface area contributed by atoms with Crippen molar-refractivity contribution in [2.45, 2.75) is 24.5 Å². The largest absolute Gasteiger partial charge is 0.379 e. The highest BCUT2D eigenvalue weighted by Gasteiger charge is 2.46. The molecule has 6 nitrogen and oxygen atoms in total. The third-order valence-electron chi connectivity index (χ3n) is 4.67. The number of amides is 1. The predicted octanol–water partition coefficient (Wildman–Crippen LogP) is 1.90. The molecule has 120 valence electrons. The van der Waals surface area contributed by atoms with Crippen LogP contribution in [0.4, 0.5) is 5.69 Å². The van der Waals surface area contributed by atoms with Crippen molar-refractivity contribution in [3.05, 3.63) is 48.5 Å². The van der Waals surface area contributed by atoms with E-state index in [2.05, 4.69) is 15.3 Å². The Morgan fingerprint density at radius 2 is 2.39 bits per heavy atom. The summed E-state index contributed by atoms with van der Waals surface area (Å²) < 4.78 is 6.10. The zero-order valence-corrected chi connectivity index (χ0v) is 12.9. The van der Waals surface area contributed by atoms with Crippen LogP contribution in [0.5, 0.6) is 0 Å². The second-order valence-electron chi connectivity index (χ2n) is 6.34. The normalized spacial score (nSPS) is 26.8. The summed E-state index contributed by atoms with van der Waals surface area (Å²) in [6, 6.07) is 7.85. The molecule has 2 fully saturated rings. The molecule has 2 saturated heterocycles. The van der Waals surface area contributed by atoms with E-state index in [0.29, 0.717) is 18.8 Å². The van der Waals surface area contributed by atoms with Crippen molar-refractivity contribution in [1.29, 1.82) is 0 Å². The lowest BCUT2D eigenvalue weighted by Crippen LogP contribution is -2.36. The van der Waals surface area contributed by atoms with Crippen LogP contribution in [0, 0.1) is 0 Å². The molecule has 23 heavy (non-hydrogen) atoms. The lowest BCUT2D eigenvalue weighted by atomic mass is 9.97. The predicted molar refractivity (Wildman–Crippen MR) is 86.3 cm³/mol. The minimum absolute atomic E-state index is 0.0548. The fourth-order valence-electron chi connectivity index (χ4n) is 3.56. The molecule has 0 bridgehead atoms. The molecule has 0 aromatic carbocycles. The summed E-state index contributed by atoms with van der Waals surface area (Å²) in [6.07, 6.45) is 7.17. The number of anilines is 1. The molecule has 2 atom stereocenters. The van der Waals surface area contributed by atoms with E-state index in [9.17, 15) is 4.79 Å². The number of pyridine rings is 1. The first-order chi connectivity index (χ1) is 11.2. The molecule has 6 heteroatoms. The molecule has 1 amide bonds. The Morgan fingerprint density at radius 3 is 3.17 bits per heavy atom. The van der Waals surface area contributed by atoms with Gasteiger partial charge in [0, 0.05) is 31.6 Å². The van der Waals surface area contributed by atoms with Crippen molar-refractivity contribution >= 4 is 11.6 Å². The Hall–Kier alpha value is -2.34. The molecule has 0 aliphatic carbocycles. The van der Waals surface area contributed by atoms with Gasteiger partial charge in [0.05, 0.1) is 30.5 Å². The summed E-state index contributed by atoms with van der Waals surface area (Å²) in [5.41, 5.74) is 1.45. The van der Waals surface area contributed by atoms with E-state index in [1.54, 1.807) is 12.4 Å². The van der Waals surface area contributed by atoms with Crippen LogP contribution in [-0.4, -0.2) is 52.1 Å². The molecule has 4 heterocycles. The molecule has 0 radical (unpaired) electrons. The maximum atomic E-state index is 12.4. The molecule has 1 spiro atoms. The SMILES string of the molecule is O=C(c1ccc[nH]1)N1CCC2(CC(Nc3cccnc3)CO2)C1. The zero-order valence-electron chi connectivity index (χ0n) is 12.9. The molecule has 2 aliphatic rings. The van der Waals surface area contributed by atoms with Crippen LogP contribution in [0.15, 0.2) is 42.9 Å². The summed E-state index contributed by atoms with van der Waals surface area (Å²) in [5, 5.41) is 3.47. The van der Waals surface area contributed by atoms with Gasteiger partial charge >= 0.3 is 0 Å². The maximum absolute atomic E-state index is 12.4. The number of aromatic amines is 1. The number of carbonyl (C=O) groups excluding carboxylic acids is 1. The van der Waals surface area contributed by atoms with Gasteiger partial charge in [0.15, 0.2) is 0 Å². The molecule has 2 aliphatic heterocycles. The monoisotopic (exact) mass is 312 g/mol. The van der Waals surface area contributed by atoms with Crippen molar-refractivity contribution < 1.29 is 9.53 Å². The lowest BCUT2D eigenvalue weighted by molar-refractivity contribution is 0.0124. The highest BCUT2D eigenvalue weighted by Crippen LogP contribution is 2.36. The van der Waals surface area contributed by atoms with E-state index in [1.807, 2.05) is 35.4 Å². The smallest absolute Gasteiger partial charge is 0.270 e. The molecule has 2 aromatic heterocycles. The summed E-state index contributed by atoms with van der Waals surface area (Å²) in [7, 11) is 0. The van der Waals surface area contributed by atoms with E-state index in [0.717, 1.165) is 25.1 Å². The number of hydrogen-bond acceptors (Lipinski definition) is 4. The van der Waals surface area contributed by atoms with Crippen LogP contribution in [0.25, 0.3) is 0 Å². The van der Waals surface area contributed by atoms with Crippen molar-refractivity contribution in [3.63, 3.8) is 0 Å². The first kappa shape index (κ1) is 14.3. The average molecular weight is 312 g/mol. The Kier molecular flexibility index (Phi) is 3.53. The Bertz CT molecular complexity index is 673. The quantitative estimate of drug-likeness (QED) is 0.908. The fourth-order valence-corrected chi connectivity index (χ4v) is 3.56. The molecule has 2 N–H and O–H groups in total. The molecular weight excluding hydrogens is 292 g/mol. The van der Waals surface area contributed by atoms with Crippen LogP contribution in [-0.2, 0) is 4.74 Å². The number of likely N-dealkylation sites (tertiary alicyclic amines) is 1. The van der Waals surface area contributed by atoms with Crippen molar-refractivity contribution in [2.24, 2.45) is 0 Å². The first-order valence-electron chi connectivity index (χ1n) is 7.97. The van der Waals surface area contributed by atoms with E-state index in [1.165, 1.54) is 0 Å². The summed E-state index contributed by atoms with van der Waals surface area (Å²) in [4.78, 5) is 21.4. The van der Waals surface area contributed by atoms with Gasteiger partial charge in [-0.25, -0.2) is 0 Å². The van der Waals surface area contributed by atoms with Crippen molar-refractivity contribution in [2.75, 3.05) is 25.0 Å². The third kappa shape index (κ3) is 2.82. The minimum atomic E-state index is -0.206. The highest BCUT2D eigenvalue weighted by molar-refractivity contribution is 5.92. The number of carbonyl (C=O) groups is 1. The molecule has 2 aromatic rings. The number of H-pyrrole nitrogens is 1. The Labute approximate surface area is 134 Å². The van der Waals surface area contributed by atoms with E-state index >= 15 is 0 Å². The van der Waals surface area contributed by atoms with Gasteiger partial charge in [-0.1, -0.05) is 0 Å². The van der Waals surface area contributed by atoms with Gasteiger partial charge in [-0.15, -0.1) is 0 Å². The number of hydrogen-bond donors (Lipinski definition) is 2. The summed E-state index contributed by atoms with van der Waals surface area (Å²) >= 11 is 0. The number of aromatic nitrogens is 2. The van der Waals surface area contributed by atoms with Crippen LogP contribution in [0.3, 0.4) is 0 Å². The number of nitrogens with one attached hydrogen (secondary N) is 2. The number of nitrogens with zero attached hydrogens (tertiary/aromatic N) is 2. The Morgan fingerprint density at radius 1 is 1.43 bits per heavy atom. The van der Waals surface area contributed by atoms with Crippen molar-refractivity contribution in [1.82, 2.24) is 14.9 Å². The fraction of sp³-hybridized carbons (Fsp3) is 0.412. The topological polar surface area (TPSA) is 70.2 Å². The molecule has 4 rings (SSSR count). The Balaban J connectivity index is 1.38. The van der Waals surface area contributed by atoms with Crippen LogP contribution >= 0.6 is 0 Å². The molecule has 0 saturated carbocycles. The van der Waals surface area contributed by atoms with Gasteiger partial charge in [-0.05, 0) is 30.7 Å². The number of rotatable bonds is 3.